The molecule has 2 atom stereocenters. The molecule has 21 heavy (non-hydrogen) atoms. The van der Waals surface area contributed by atoms with Gasteiger partial charge in [-0.1, -0.05) is 0 Å². The molecule has 0 saturated carbocycles. The Labute approximate surface area is 126 Å². The fourth-order valence-corrected chi connectivity index (χ4v) is 4.36. The summed E-state index contributed by atoms with van der Waals surface area (Å²) in [5.41, 5.74) is 0.296. The van der Waals surface area contributed by atoms with Crippen molar-refractivity contribution in [2.24, 2.45) is 0 Å². The van der Waals surface area contributed by atoms with E-state index in [9.17, 15) is 9.90 Å². The van der Waals surface area contributed by atoms with E-state index < -0.39 is 5.97 Å². The lowest BCUT2D eigenvalue weighted by atomic mass is 10.1. The second-order valence-electron chi connectivity index (χ2n) is 5.94. The highest BCUT2D eigenvalue weighted by Crippen LogP contribution is 2.31. The molecule has 2 unspecified atom stereocenters. The Morgan fingerprint density at radius 1 is 1.48 bits per heavy atom. The average Bonchev–Trinajstić information content (AvgIpc) is 3.10. The van der Waals surface area contributed by atoms with Crippen molar-refractivity contribution in [1.29, 1.82) is 0 Å². The first-order chi connectivity index (χ1) is 10.1. The van der Waals surface area contributed by atoms with Gasteiger partial charge < -0.3 is 10.0 Å². The molecule has 2 aromatic heterocycles. The molecule has 0 bridgehead atoms. The molecule has 0 radical (unpaired) electrons. The van der Waals surface area contributed by atoms with Gasteiger partial charge >= 0.3 is 5.97 Å². The summed E-state index contributed by atoms with van der Waals surface area (Å²) < 4.78 is 1.69. The summed E-state index contributed by atoms with van der Waals surface area (Å²) in [5, 5.41) is 11.5. The van der Waals surface area contributed by atoms with Crippen LogP contribution in [0.1, 0.15) is 30.3 Å². The van der Waals surface area contributed by atoms with Gasteiger partial charge in [-0.05, 0) is 26.3 Å². The molecule has 0 amide bonds. The smallest absolute Gasteiger partial charge is 0.356 e. The molecule has 2 aliphatic rings. The summed E-state index contributed by atoms with van der Waals surface area (Å²) in [6.07, 6.45) is 4.24. The van der Waals surface area contributed by atoms with E-state index in [1.807, 2.05) is 5.38 Å². The van der Waals surface area contributed by atoms with Crippen molar-refractivity contribution in [3.63, 3.8) is 0 Å². The van der Waals surface area contributed by atoms with E-state index in [2.05, 4.69) is 21.7 Å². The van der Waals surface area contributed by atoms with Gasteiger partial charge in [0.15, 0.2) is 16.5 Å². The molecule has 4 rings (SSSR count). The number of aromatic carboxylic acids is 1. The average molecular weight is 306 g/mol. The zero-order valence-corrected chi connectivity index (χ0v) is 12.7. The van der Waals surface area contributed by atoms with Crippen LogP contribution in [0.5, 0.6) is 0 Å². The summed E-state index contributed by atoms with van der Waals surface area (Å²) in [5.74, 6) is -0.273. The van der Waals surface area contributed by atoms with Crippen molar-refractivity contribution < 1.29 is 9.90 Å². The normalized spacial score (nSPS) is 26.4. The SMILES string of the molecule is CC1CN2CCCC2CN1c1nc2sccn2c1C(=O)O. The molecule has 2 aliphatic heterocycles. The molecular formula is C14H18N4O2S. The number of imidazole rings is 1. The van der Waals surface area contributed by atoms with Gasteiger partial charge in [-0.25, -0.2) is 9.78 Å². The molecule has 2 fully saturated rings. The third-order valence-electron chi connectivity index (χ3n) is 4.66. The molecule has 0 aliphatic carbocycles. The lowest BCUT2D eigenvalue weighted by molar-refractivity contribution is 0.0689. The van der Waals surface area contributed by atoms with E-state index >= 15 is 0 Å². The van der Waals surface area contributed by atoms with Crippen molar-refractivity contribution in [3.05, 3.63) is 17.3 Å². The van der Waals surface area contributed by atoms with Crippen LogP contribution in [0.4, 0.5) is 5.82 Å². The van der Waals surface area contributed by atoms with Gasteiger partial charge in [0.2, 0.25) is 0 Å². The van der Waals surface area contributed by atoms with E-state index in [1.54, 1.807) is 10.6 Å². The number of rotatable bonds is 2. The maximum absolute atomic E-state index is 11.7. The Hall–Kier alpha value is -1.60. The summed E-state index contributed by atoms with van der Waals surface area (Å²) in [7, 11) is 0. The van der Waals surface area contributed by atoms with E-state index in [0.29, 0.717) is 23.6 Å². The first-order valence-corrected chi connectivity index (χ1v) is 8.22. The predicted octanol–water partition coefficient (Wildman–Crippen LogP) is 1.77. The number of carboxylic acids is 1. The maximum atomic E-state index is 11.7. The highest BCUT2D eigenvalue weighted by Gasteiger charge is 2.37. The highest BCUT2D eigenvalue weighted by atomic mass is 32.1. The van der Waals surface area contributed by atoms with E-state index in [4.69, 9.17) is 0 Å². The van der Waals surface area contributed by atoms with Crippen molar-refractivity contribution in [2.75, 3.05) is 24.5 Å². The van der Waals surface area contributed by atoms with Gasteiger partial charge in [0.05, 0.1) is 0 Å². The van der Waals surface area contributed by atoms with Crippen molar-refractivity contribution >= 4 is 28.1 Å². The van der Waals surface area contributed by atoms with Gasteiger partial charge in [0.25, 0.3) is 0 Å². The van der Waals surface area contributed by atoms with Crippen LogP contribution < -0.4 is 4.90 Å². The monoisotopic (exact) mass is 306 g/mol. The highest BCUT2D eigenvalue weighted by molar-refractivity contribution is 7.15. The van der Waals surface area contributed by atoms with Crippen molar-refractivity contribution in [2.45, 2.75) is 31.8 Å². The summed E-state index contributed by atoms with van der Waals surface area (Å²) >= 11 is 1.48. The van der Waals surface area contributed by atoms with Crippen LogP contribution in [-0.2, 0) is 0 Å². The summed E-state index contributed by atoms with van der Waals surface area (Å²) in [6, 6.07) is 0.838. The van der Waals surface area contributed by atoms with Gasteiger partial charge in [-0.3, -0.25) is 9.30 Å². The zero-order valence-electron chi connectivity index (χ0n) is 11.9. The van der Waals surface area contributed by atoms with E-state index in [-0.39, 0.29) is 0 Å². The third kappa shape index (κ3) is 1.95. The Kier molecular flexibility index (Phi) is 2.93. The first-order valence-electron chi connectivity index (χ1n) is 7.34. The van der Waals surface area contributed by atoms with Crippen LogP contribution in [0, 0.1) is 0 Å². The standard InChI is InChI=1S/C14H18N4O2S/c1-9-7-16-4-2-3-10(16)8-18(9)12-11(13(19)20)17-5-6-21-14(17)15-12/h5-6,9-10H,2-4,7-8H2,1H3,(H,19,20). The lowest BCUT2D eigenvalue weighted by Gasteiger charge is -2.42. The number of fused-ring (bicyclic) bond motifs is 2. The third-order valence-corrected chi connectivity index (χ3v) is 5.41. The molecule has 4 heterocycles. The number of aromatic nitrogens is 2. The fraction of sp³-hybridized carbons (Fsp3) is 0.571. The van der Waals surface area contributed by atoms with Gasteiger partial charge in [0, 0.05) is 36.8 Å². The molecule has 2 aromatic rings. The minimum absolute atomic E-state index is 0.294. The molecule has 2 saturated heterocycles. The maximum Gasteiger partial charge on any atom is 0.356 e. The Morgan fingerprint density at radius 3 is 3.14 bits per heavy atom. The molecule has 7 heteroatoms. The van der Waals surface area contributed by atoms with Crippen LogP contribution in [-0.4, -0.2) is 57.1 Å². The minimum atomic E-state index is -0.906. The minimum Gasteiger partial charge on any atom is -0.476 e. The quantitative estimate of drug-likeness (QED) is 0.916. The largest absolute Gasteiger partial charge is 0.476 e. The molecule has 0 spiro atoms. The second-order valence-corrected chi connectivity index (χ2v) is 6.81. The number of carbonyl (C=O) groups is 1. The van der Waals surface area contributed by atoms with Crippen LogP contribution in [0.25, 0.3) is 4.96 Å². The fourth-order valence-electron chi connectivity index (χ4n) is 3.66. The number of anilines is 1. The van der Waals surface area contributed by atoms with Gasteiger partial charge in [-0.2, -0.15) is 0 Å². The topological polar surface area (TPSA) is 61.1 Å². The number of hydrogen-bond donors (Lipinski definition) is 1. The Morgan fingerprint density at radius 2 is 2.33 bits per heavy atom. The van der Waals surface area contributed by atoms with E-state index in [1.165, 1.54) is 30.7 Å². The Balaban J connectivity index is 1.76. The molecule has 6 nitrogen and oxygen atoms in total. The van der Waals surface area contributed by atoms with Gasteiger partial charge in [0.1, 0.15) is 0 Å². The lowest BCUT2D eigenvalue weighted by Crippen LogP contribution is -2.55. The van der Waals surface area contributed by atoms with Crippen LogP contribution >= 0.6 is 11.3 Å². The number of carboxylic acid groups (broad SMARTS) is 1. The molecule has 0 aromatic carbocycles. The van der Waals surface area contributed by atoms with Crippen molar-refractivity contribution in [3.8, 4) is 0 Å². The van der Waals surface area contributed by atoms with E-state index in [0.717, 1.165) is 18.1 Å². The molecule has 1 N–H and O–H groups in total. The van der Waals surface area contributed by atoms with Crippen LogP contribution in [0.3, 0.4) is 0 Å². The number of hydrogen-bond acceptors (Lipinski definition) is 5. The van der Waals surface area contributed by atoms with Crippen LogP contribution in [0.2, 0.25) is 0 Å². The Bertz CT molecular complexity index is 694. The number of thiazole rings is 1. The molecule has 112 valence electrons. The zero-order chi connectivity index (χ0) is 14.6. The predicted molar refractivity (Wildman–Crippen MR) is 81.4 cm³/mol. The van der Waals surface area contributed by atoms with Crippen molar-refractivity contribution in [1.82, 2.24) is 14.3 Å². The second kappa shape index (κ2) is 4.71. The summed E-state index contributed by atoms with van der Waals surface area (Å²) in [4.78, 5) is 21.7. The van der Waals surface area contributed by atoms with Crippen LogP contribution in [0.15, 0.2) is 11.6 Å². The number of piperazine rings is 1. The number of nitrogens with zero attached hydrogens (tertiary/aromatic N) is 4. The first kappa shape index (κ1) is 13.1. The molecular weight excluding hydrogens is 288 g/mol. The summed E-state index contributed by atoms with van der Waals surface area (Å²) in [6.45, 7) is 5.21. The van der Waals surface area contributed by atoms with Gasteiger partial charge in [-0.15, -0.1) is 11.3 Å².